The number of esters is 1. The molecule has 1 aromatic carbocycles. The molecule has 294 valence electrons. The van der Waals surface area contributed by atoms with E-state index in [1.54, 1.807) is 6.07 Å². The van der Waals surface area contributed by atoms with E-state index >= 15 is 0 Å². The zero-order chi connectivity index (χ0) is 39.2. The van der Waals surface area contributed by atoms with Gasteiger partial charge >= 0.3 is 5.97 Å². The van der Waals surface area contributed by atoms with Gasteiger partial charge in [-0.1, -0.05) is 137 Å². The van der Waals surface area contributed by atoms with Crippen molar-refractivity contribution in [3.05, 3.63) is 47.2 Å². The molecule has 0 unspecified atom stereocenters. The standard InChI is InChI=1S/C42H78O6Si3/c1-27(2)49(28(3)4,29(5)6)45-26-40-41(48-51(33(13)14,34(15)16)35(17)18)39(47-50(30(7)8,31(9)10)32(11)12)25-38(46-40)24-36-21-20-22-37(23-36)42(43)44-19/h20-23,25,27-35,39-41H,24,26H2,1-19H3/t39-,40-,41+/m1/s1. The highest BCUT2D eigenvalue weighted by molar-refractivity contribution is 6.78. The smallest absolute Gasteiger partial charge is 0.337 e. The maximum Gasteiger partial charge on any atom is 0.337 e. The van der Waals surface area contributed by atoms with Gasteiger partial charge in [0.25, 0.3) is 0 Å². The molecule has 6 nitrogen and oxygen atoms in total. The van der Waals surface area contributed by atoms with Crippen molar-refractivity contribution in [2.24, 2.45) is 0 Å². The molecule has 0 N–H and O–H groups in total. The van der Waals surface area contributed by atoms with E-state index in [2.05, 4.69) is 137 Å². The maximum absolute atomic E-state index is 12.5. The lowest BCUT2D eigenvalue weighted by Crippen LogP contribution is -2.61. The third-order valence-electron chi connectivity index (χ3n) is 12.4. The molecule has 0 saturated heterocycles. The van der Waals surface area contributed by atoms with Gasteiger partial charge in [0, 0.05) is 6.42 Å². The summed E-state index contributed by atoms with van der Waals surface area (Å²) >= 11 is 0. The lowest BCUT2D eigenvalue weighted by atomic mass is 10.0. The number of allylic oxidation sites excluding steroid dienone is 1. The highest BCUT2D eigenvalue weighted by Gasteiger charge is 2.54. The van der Waals surface area contributed by atoms with Crippen molar-refractivity contribution in [3.8, 4) is 0 Å². The third kappa shape index (κ3) is 9.71. The van der Waals surface area contributed by atoms with Gasteiger partial charge in [0.1, 0.15) is 12.2 Å². The first kappa shape index (κ1) is 45.9. The summed E-state index contributed by atoms with van der Waals surface area (Å²) in [5, 5.41) is 0. The van der Waals surface area contributed by atoms with E-state index in [1.807, 2.05) is 12.1 Å². The minimum absolute atomic E-state index is 0.290. The van der Waals surface area contributed by atoms with E-state index < -0.39 is 25.0 Å². The Bertz CT molecular complexity index is 1200. The summed E-state index contributed by atoms with van der Waals surface area (Å²) in [6, 6.07) is 7.69. The Labute approximate surface area is 317 Å². The fourth-order valence-electron chi connectivity index (χ4n) is 10.4. The minimum atomic E-state index is -2.39. The van der Waals surface area contributed by atoms with Crippen molar-refractivity contribution >= 4 is 30.9 Å². The van der Waals surface area contributed by atoms with Gasteiger partial charge < -0.3 is 22.8 Å². The second-order valence-corrected chi connectivity index (χ2v) is 34.4. The van der Waals surface area contributed by atoms with E-state index in [-0.39, 0.29) is 24.3 Å². The highest BCUT2D eigenvalue weighted by Crippen LogP contribution is 2.49. The molecule has 0 aliphatic carbocycles. The van der Waals surface area contributed by atoms with E-state index in [4.69, 9.17) is 22.8 Å². The molecule has 1 aliphatic rings. The Hall–Kier alpha value is -1.24. The first-order valence-electron chi connectivity index (χ1n) is 20.1. The highest BCUT2D eigenvalue weighted by atomic mass is 28.4. The molecule has 0 aromatic heterocycles. The summed E-state index contributed by atoms with van der Waals surface area (Å²) in [6.07, 6.45) is 1.83. The summed E-state index contributed by atoms with van der Waals surface area (Å²) in [4.78, 5) is 12.5. The van der Waals surface area contributed by atoms with Crippen LogP contribution in [-0.4, -0.2) is 63.0 Å². The average Bonchev–Trinajstić information content (AvgIpc) is 3.01. The monoisotopic (exact) mass is 763 g/mol. The summed E-state index contributed by atoms with van der Waals surface area (Å²) < 4.78 is 35.2. The van der Waals surface area contributed by atoms with Crippen molar-refractivity contribution in [1.82, 2.24) is 0 Å². The van der Waals surface area contributed by atoms with Crippen LogP contribution in [0.3, 0.4) is 0 Å². The van der Waals surface area contributed by atoms with Gasteiger partial charge in [-0.2, -0.15) is 0 Å². The lowest BCUT2D eigenvalue weighted by Gasteiger charge is -2.52. The zero-order valence-corrected chi connectivity index (χ0v) is 39.2. The Kier molecular flexibility index (Phi) is 17.0. The van der Waals surface area contributed by atoms with Crippen LogP contribution in [0.15, 0.2) is 36.1 Å². The van der Waals surface area contributed by atoms with E-state index in [0.29, 0.717) is 68.5 Å². The fourth-order valence-corrected chi connectivity index (χ4v) is 26.9. The van der Waals surface area contributed by atoms with Crippen LogP contribution in [-0.2, 0) is 29.2 Å². The van der Waals surface area contributed by atoms with Crippen molar-refractivity contribution in [2.75, 3.05) is 13.7 Å². The van der Waals surface area contributed by atoms with Gasteiger partial charge in [0.05, 0.1) is 31.1 Å². The SMILES string of the molecule is COC(=O)c1cccc(CC2=C[C@@H](O[Si](C(C)C)(C(C)C)C(C)C)[C@H](O[Si](C(C)C)(C(C)C)C(C)C)[C@@H](CO[Si](C(C)C)(C(C)C)C(C)C)O2)c1. The largest absolute Gasteiger partial charge is 0.490 e. The van der Waals surface area contributed by atoms with Crippen LogP contribution in [0.2, 0.25) is 49.9 Å². The number of methoxy groups -OCH3 is 1. The molecule has 1 aromatic rings. The van der Waals surface area contributed by atoms with Crippen molar-refractivity contribution in [2.45, 2.75) is 199 Å². The molecule has 2 rings (SSSR count). The van der Waals surface area contributed by atoms with Crippen LogP contribution >= 0.6 is 0 Å². The number of carbonyl (C=O) groups is 1. The number of carbonyl (C=O) groups excluding carboxylic acids is 1. The molecule has 1 aliphatic heterocycles. The van der Waals surface area contributed by atoms with E-state index in [1.165, 1.54) is 7.11 Å². The predicted molar refractivity (Wildman–Crippen MR) is 223 cm³/mol. The normalized spacial score (nSPS) is 19.5. The van der Waals surface area contributed by atoms with Crippen LogP contribution < -0.4 is 0 Å². The summed E-state index contributed by atoms with van der Waals surface area (Å²) in [5.74, 6) is 0.513. The molecule has 51 heavy (non-hydrogen) atoms. The number of hydrogen-bond donors (Lipinski definition) is 0. The van der Waals surface area contributed by atoms with Gasteiger partial charge in [-0.3, -0.25) is 0 Å². The van der Waals surface area contributed by atoms with Gasteiger partial charge in [-0.15, -0.1) is 0 Å². The molecular formula is C42H78O6Si3. The number of hydrogen-bond acceptors (Lipinski definition) is 6. The molecule has 3 atom stereocenters. The Balaban J connectivity index is 2.92. The molecule has 1 heterocycles. The van der Waals surface area contributed by atoms with Crippen LogP contribution in [0.25, 0.3) is 0 Å². The number of benzene rings is 1. The van der Waals surface area contributed by atoms with Gasteiger partial charge in [0.2, 0.25) is 25.0 Å². The van der Waals surface area contributed by atoms with Crippen molar-refractivity contribution in [1.29, 1.82) is 0 Å². The second-order valence-electron chi connectivity index (χ2n) is 18.1. The molecular weight excluding hydrogens is 685 g/mol. The van der Waals surface area contributed by atoms with Gasteiger partial charge in [-0.05, 0) is 73.6 Å². The summed E-state index contributed by atoms with van der Waals surface area (Å²) in [5.41, 5.74) is 5.32. The van der Waals surface area contributed by atoms with E-state index in [9.17, 15) is 4.79 Å². The predicted octanol–water partition coefficient (Wildman–Crippen LogP) is 12.6. The van der Waals surface area contributed by atoms with E-state index in [0.717, 1.165) is 11.3 Å². The topological polar surface area (TPSA) is 63.2 Å². The quantitative estimate of drug-likeness (QED) is 0.103. The van der Waals surface area contributed by atoms with Gasteiger partial charge in [0.15, 0.2) is 0 Å². The van der Waals surface area contributed by atoms with Crippen molar-refractivity contribution in [3.63, 3.8) is 0 Å². The molecule has 0 radical (unpaired) electrons. The Morgan fingerprint density at radius 2 is 1.08 bits per heavy atom. The van der Waals surface area contributed by atoms with Crippen LogP contribution in [0.5, 0.6) is 0 Å². The van der Waals surface area contributed by atoms with Crippen LogP contribution in [0.4, 0.5) is 0 Å². The van der Waals surface area contributed by atoms with Crippen LogP contribution in [0.1, 0.15) is 141 Å². The first-order valence-corrected chi connectivity index (χ1v) is 26.5. The third-order valence-corrected chi connectivity index (χ3v) is 30.6. The second kappa shape index (κ2) is 18.9. The average molecular weight is 763 g/mol. The Morgan fingerprint density at radius 3 is 1.49 bits per heavy atom. The number of rotatable bonds is 19. The van der Waals surface area contributed by atoms with Gasteiger partial charge in [-0.25, -0.2) is 4.79 Å². The molecule has 0 saturated carbocycles. The molecule has 0 amide bonds. The summed E-state index contributed by atoms with van der Waals surface area (Å²) in [6.45, 7) is 42.8. The van der Waals surface area contributed by atoms with Crippen molar-refractivity contribution < 1.29 is 27.5 Å². The van der Waals surface area contributed by atoms with Crippen LogP contribution in [0, 0.1) is 0 Å². The lowest BCUT2D eigenvalue weighted by molar-refractivity contribution is -0.0820. The Morgan fingerprint density at radius 1 is 0.647 bits per heavy atom. The zero-order valence-electron chi connectivity index (χ0n) is 36.2. The number of ether oxygens (including phenoxy) is 2. The maximum atomic E-state index is 12.5. The molecule has 0 fully saturated rings. The molecule has 9 heteroatoms. The molecule has 0 bridgehead atoms. The first-order chi connectivity index (χ1) is 23.6. The fraction of sp³-hybridized carbons (Fsp3) is 0.786. The summed E-state index contributed by atoms with van der Waals surface area (Å²) in [7, 11) is -5.56. The minimum Gasteiger partial charge on any atom is -0.490 e. The molecule has 0 spiro atoms.